The summed E-state index contributed by atoms with van der Waals surface area (Å²) in [6, 6.07) is 6.55. The molecule has 1 aromatic carbocycles. The molecule has 9 heteroatoms. The van der Waals surface area contributed by atoms with Crippen LogP contribution >= 0.6 is 23.6 Å². The Morgan fingerprint density at radius 2 is 2.08 bits per heavy atom. The first-order valence-corrected chi connectivity index (χ1v) is 8.62. The molecule has 7 nitrogen and oxygen atoms in total. The summed E-state index contributed by atoms with van der Waals surface area (Å²) in [5, 5.41) is 17.6. The summed E-state index contributed by atoms with van der Waals surface area (Å²) >= 11 is 6.62. The fourth-order valence-corrected chi connectivity index (χ4v) is 3.39. The molecule has 0 amide bonds. The minimum atomic E-state index is -0.474. The van der Waals surface area contributed by atoms with Crippen LogP contribution in [0.3, 0.4) is 0 Å². The maximum absolute atomic E-state index is 11.9. The quantitative estimate of drug-likeness (QED) is 0.349. The molecule has 0 fully saturated rings. The molecule has 0 aliphatic heterocycles. The Bertz CT molecular complexity index is 833. The number of ether oxygens (including phenoxy) is 1. The van der Waals surface area contributed by atoms with Gasteiger partial charge in [0.2, 0.25) is 0 Å². The zero-order valence-electron chi connectivity index (χ0n) is 13.9. The second-order valence-corrected chi connectivity index (χ2v) is 6.70. The van der Waals surface area contributed by atoms with Crippen molar-refractivity contribution in [2.75, 3.05) is 17.7 Å². The Balaban J connectivity index is 2.23. The smallest absolute Gasteiger partial charge is 0.340 e. The van der Waals surface area contributed by atoms with Crippen LogP contribution in [-0.4, -0.2) is 23.1 Å². The summed E-state index contributed by atoms with van der Waals surface area (Å²) in [6.45, 7) is 3.75. The van der Waals surface area contributed by atoms with E-state index in [0.717, 1.165) is 16.9 Å². The molecule has 0 radical (unpaired) electrons. The minimum Gasteiger partial charge on any atom is -0.465 e. The van der Waals surface area contributed by atoms with Crippen molar-refractivity contribution in [1.29, 1.82) is 0 Å². The van der Waals surface area contributed by atoms with Gasteiger partial charge in [-0.05, 0) is 43.3 Å². The van der Waals surface area contributed by atoms with Gasteiger partial charge in [0.1, 0.15) is 10.7 Å². The zero-order chi connectivity index (χ0) is 18.6. The largest absolute Gasteiger partial charge is 0.465 e. The number of aryl methyl sites for hydroxylation is 2. The normalized spacial score (nSPS) is 10.2. The SMILES string of the molecule is CCc1cc(C(=O)OC)c(NC(=S)Nc2ccc(C)cc2[N+](=O)[O-])s1. The number of nitro benzene ring substituents is 1. The Morgan fingerprint density at radius 1 is 1.36 bits per heavy atom. The van der Waals surface area contributed by atoms with E-state index in [1.54, 1.807) is 25.1 Å². The van der Waals surface area contributed by atoms with Gasteiger partial charge < -0.3 is 15.4 Å². The maximum Gasteiger partial charge on any atom is 0.340 e. The van der Waals surface area contributed by atoms with Crippen LogP contribution < -0.4 is 10.6 Å². The summed E-state index contributed by atoms with van der Waals surface area (Å²) in [5.41, 5.74) is 1.36. The number of carbonyl (C=O) groups is 1. The van der Waals surface area contributed by atoms with Crippen molar-refractivity contribution in [3.05, 3.63) is 50.4 Å². The predicted molar refractivity (Wildman–Crippen MR) is 103 cm³/mol. The van der Waals surface area contributed by atoms with Crippen molar-refractivity contribution in [2.45, 2.75) is 20.3 Å². The van der Waals surface area contributed by atoms with Gasteiger partial charge >= 0.3 is 5.97 Å². The molecule has 132 valence electrons. The van der Waals surface area contributed by atoms with Crippen LogP contribution in [0.25, 0.3) is 0 Å². The number of methoxy groups -OCH3 is 1. The van der Waals surface area contributed by atoms with Gasteiger partial charge in [0, 0.05) is 10.9 Å². The number of esters is 1. The number of anilines is 2. The van der Waals surface area contributed by atoms with E-state index >= 15 is 0 Å². The van der Waals surface area contributed by atoms with E-state index in [-0.39, 0.29) is 16.5 Å². The molecule has 0 aliphatic carbocycles. The number of hydrogen-bond acceptors (Lipinski definition) is 6. The Labute approximate surface area is 154 Å². The predicted octanol–water partition coefficient (Wildman–Crippen LogP) is 4.12. The summed E-state index contributed by atoms with van der Waals surface area (Å²) in [4.78, 5) is 23.6. The molecule has 0 saturated carbocycles. The van der Waals surface area contributed by atoms with E-state index in [0.29, 0.717) is 10.6 Å². The van der Waals surface area contributed by atoms with Gasteiger partial charge in [-0.2, -0.15) is 0 Å². The van der Waals surface area contributed by atoms with Crippen molar-refractivity contribution < 1.29 is 14.5 Å². The molecule has 0 saturated heterocycles. The van der Waals surface area contributed by atoms with Crippen molar-refractivity contribution in [3.8, 4) is 0 Å². The average molecular weight is 379 g/mol. The van der Waals surface area contributed by atoms with Gasteiger partial charge in [0.25, 0.3) is 5.69 Å². The highest BCUT2D eigenvalue weighted by Gasteiger charge is 2.19. The second kappa shape index (κ2) is 8.04. The average Bonchev–Trinajstić information content (AvgIpc) is 2.98. The lowest BCUT2D eigenvalue weighted by molar-refractivity contribution is -0.383. The molecule has 2 rings (SSSR count). The van der Waals surface area contributed by atoms with Gasteiger partial charge in [0.05, 0.1) is 17.6 Å². The fraction of sp³-hybridized carbons (Fsp3) is 0.250. The Hall–Kier alpha value is -2.52. The number of benzene rings is 1. The molecule has 1 heterocycles. The van der Waals surface area contributed by atoms with E-state index in [2.05, 4.69) is 10.6 Å². The lowest BCUT2D eigenvalue weighted by atomic mass is 10.2. The number of thiocarbonyl (C=S) groups is 1. The molecular formula is C16H17N3O4S2. The molecule has 0 aliphatic rings. The van der Waals surface area contributed by atoms with E-state index in [9.17, 15) is 14.9 Å². The molecular weight excluding hydrogens is 362 g/mol. The molecule has 1 aromatic heterocycles. The van der Waals surface area contributed by atoms with Crippen LogP contribution in [-0.2, 0) is 11.2 Å². The van der Waals surface area contributed by atoms with Crippen LogP contribution in [0.15, 0.2) is 24.3 Å². The molecule has 0 bridgehead atoms. The van der Waals surface area contributed by atoms with Gasteiger partial charge in [-0.3, -0.25) is 10.1 Å². The van der Waals surface area contributed by atoms with E-state index < -0.39 is 10.9 Å². The highest BCUT2D eigenvalue weighted by atomic mass is 32.1. The zero-order valence-corrected chi connectivity index (χ0v) is 15.5. The number of carbonyl (C=O) groups excluding carboxylic acids is 1. The molecule has 2 aromatic rings. The third-order valence-corrected chi connectivity index (χ3v) is 4.76. The maximum atomic E-state index is 11.9. The summed E-state index contributed by atoms with van der Waals surface area (Å²) in [5.74, 6) is -0.470. The first-order valence-electron chi connectivity index (χ1n) is 7.39. The number of nitrogens with zero attached hydrogens (tertiary/aromatic N) is 1. The molecule has 2 N–H and O–H groups in total. The van der Waals surface area contributed by atoms with Gasteiger partial charge in [-0.15, -0.1) is 11.3 Å². The van der Waals surface area contributed by atoms with Crippen LogP contribution in [0.1, 0.15) is 27.7 Å². The second-order valence-electron chi connectivity index (χ2n) is 5.16. The minimum absolute atomic E-state index is 0.0715. The Kier molecular flexibility index (Phi) is 6.05. The summed E-state index contributed by atoms with van der Waals surface area (Å²) < 4.78 is 4.77. The molecule has 0 spiro atoms. The van der Waals surface area contributed by atoms with Gasteiger partial charge in [-0.1, -0.05) is 13.0 Å². The first-order chi connectivity index (χ1) is 11.8. The first kappa shape index (κ1) is 18.8. The van der Waals surface area contributed by atoms with Crippen LogP contribution in [0, 0.1) is 17.0 Å². The van der Waals surface area contributed by atoms with Crippen molar-refractivity contribution >= 4 is 51.0 Å². The number of rotatable bonds is 5. The molecule has 0 unspecified atom stereocenters. The van der Waals surface area contributed by atoms with E-state index in [1.807, 2.05) is 6.92 Å². The standard InChI is InChI=1S/C16H17N3O4S2/c1-4-10-8-11(15(20)23-3)14(25-10)18-16(24)17-12-6-5-9(2)7-13(12)19(21)22/h5-8H,4H2,1-3H3,(H2,17,18,24). The number of nitro groups is 1. The topological polar surface area (TPSA) is 93.5 Å². The number of nitrogens with one attached hydrogen (secondary N) is 2. The van der Waals surface area contributed by atoms with Crippen molar-refractivity contribution in [3.63, 3.8) is 0 Å². The number of hydrogen-bond donors (Lipinski definition) is 2. The highest BCUT2D eigenvalue weighted by Crippen LogP contribution is 2.30. The lowest BCUT2D eigenvalue weighted by Crippen LogP contribution is -2.20. The third-order valence-electron chi connectivity index (χ3n) is 3.36. The number of thiophene rings is 1. The Morgan fingerprint density at radius 3 is 2.68 bits per heavy atom. The molecule has 25 heavy (non-hydrogen) atoms. The molecule has 0 atom stereocenters. The van der Waals surface area contributed by atoms with E-state index in [4.69, 9.17) is 17.0 Å². The van der Waals surface area contributed by atoms with Crippen molar-refractivity contribution in [2.24, 2.45) is 0 Å². The summed E-state index contributed by atoms with van der Waals surface area (Å²) in [6.07, 6.45) is 0.764. The van der Waals surface area contributed by atoms with Crippen LogP contribution in [0.5, 0.6) is 0 Å². The van der Waals surface area contributed by atoms with Gasteiger partial charge in [0.15, 0.2) is 5.11 Å². The monoisotopic (exact) mass is 379 g/mol. The van der Waals surface area contributed by atoms with Crippen LogP contribution in [0.2, 0.25) is 0 Å². The van der Waals surface area contributed by atoms with Crippen molar-refractivity contribution in [1.82, 2.24) is 0 Å². The fourth-order valence-electron chi connectivity index (χ4n) is 2.13. The van der Waals surface area contributed by atoms with Gasteiger partial charge in [-0.25, -0.2) is 4.79 Å². The summed E-state index contributed by atoms with van der Waals surface area (Å²) in [7, 11) is 1.31. The lowest BCUT2D eigenvalue weighted by Gasteiger charge is -2.11. The van der Waals surface area contributed by atoms with Crippen LogP contribution in [0.4, 0.5) is 16.4 Å². The highest BCUT2D eigenvalue weighted by molar-refractivity contribution is 7.80. The third kappa shape index (κ3) is 4.52. The van der Waals surface area contributed by atoms with E-state index in [1.165, 1.54) is 24.5 Å².